The molecule has 14 heavy (non-hydrogen) atoms. The van der Waals surface area contributed by atoms with E-state index in [1.807, 2.05) is 18.2 Å². The molecular weight excluding hydrogens is 200 g/mol. The second-order valence-corrected chi connectivity index (χ2v) is 3.57. The molecule has 0 saturated heterocycles. The van der Waals surface area contributed by atoms with Crippen molar-refractivity contribution in [3.05, 3.63) is 46.5 Å². The molecule has 1 N–H and O–H groups in total. The average molecular weight is 211 g/mol. The van der Waals surface area contributed by atoms with Crippen LogP contribution < -0.4 is 0 Å². The van der Waals surface area contributed by atoms with Gasteiger partial charge in [0.2, 0.25) is 0 Å². The maximum absolute atomic E-state index is 10.4. The van der Waals surface area contributed by atoms with Gasteiger partial charge in [-0.15, -0.1) is 0 Å². The van der Waals surface area contributed by atoms with E-state index in [0.29, 0.717) is 11.4 Å². The van der Waals surface area contributed by atoms with Crippen molar-refractivity contribution in [2.75, 3.05) is 0 Å². The minimum atomic E-state index is -0.912. The second-order valence-electron chi connectivity index (χ2n) is 3.14. The number of hydrogen-bond donors (Lipinski definition) is 1. The molecule has 0 aliphatic heterocycles. The molecular formula is C11H11ClO2. The van der Waals surface area contributed by atoms with Gasteiger partial charge in [0.1, 0.15) is 0 Å². The van der Waals surface area contributed by atoms with Gasteiger partial charge in [-0.25, -0.2) is 4.79 Å². The van der Waals surface area contributed by atoms with Crippen LogP contribution in [0.3, 0.4) is 0 Å². The third kappa shape index (κ3) is 3.62. The maximum atomic E-state index is 10.4. The van der Waals surface area contributed by atoms with Crippen molar-refractivity contribution >= 4 is 17.6 Å². The molecule has 1 rings (SSSR count). The molecule has 0 aliphatic carbocycles. The van der Waals surface area contributed by atoms with Crippen molar-refractivity contribution in [1.82, 2.24) is 0 Å². The SMILES string of the molecule is C/C(=C/C(=O)O)Cc1cccc(Cl)c1. The first-order chi connectivity index (χ1) is 6.58. The number of rotatable bonds is 3. The molecule has 0 aliphatic rings. The number of benzene rings is 1. The summed E-state index contributed by atoms with van der Waals surface area (Å²) in [6, 6.07) is 7.40. The van der Waals surface area contributed by atoms with Crippen LogP contribution in [0.5, 0.6) is 0 Å². The summed E-state index contributed by atoms with van der Waals surface area (Å²) in [5.74, 6) is -0.912. The van der Waals surface area contributed by atoms with Gasteiger partial charge in [-0.3, -0.25) is 0 Å². The van der Waals surface area contributed by atoms with Crippen molar-refractivity contribution in [2.24, 2.45) is 0 Å². The topological polar surface area (TPSA) is 37.3 Å². The lowest BCUT2D eigenvalue weighted by atomic mass is 10.1. The van der Waals surface area contributed by atoms with E-state index in [1.54, 1.807) is 13.0 Å². The summed E-state index contributed by atoms with van der Waals surface area (Å²) in [5, 5.41) is 9.19. The lowest BCUT2D eigenvalue weighted by Gasteiger charge is -2.01. The van der Waals surface area contributed by atoms with Crippen molar-refractivity contribution in [2.45, 2.75) is 13.3 Å². The van der Waals surface area contributed by atoms with Crippen LogP contribution >= 0.6 is 11.6 Å². The third-order valence-electron chi connectivity index (χ3n) is 1.74. The Kier molecular flexibility index (Phi) is 3.72. The van der Waals surface area contributed by atoms with Gasteiger partial charge in [-0.05, 0) is 31.0 Å². The Morgan fingerprint density at radius 3 is 2.86 bits per heavy atom. The van der Waals surface area contributed by atoms with E-state index in [-0.39, 0.29) is 0 Å². The molecule has 0 spiro atoms. The lowest BCUT2D eigenvalue weighted by molar-refractivity contribution is -0.131. The van der Waals surface area contributed by atoms with E-state index < -0.39 is 5.97 Å². The van der Waals surface area contributed by atoms with Crippen LogP contribution in [0.2, 0.25) is 5.02 Å². The fraction of sp³-hybridized carbons (Fsp3) is 0.182. The zero-order valence-corrected chi connectivity index (χ0v) is 8.58. The predicted molar refractivity (Wildman–Crippen MR) is 56.5 cm³/mol. The van der Waals surface area contributed by atoms with Crippen LogP contribution in [0.25, 0.3) is 0 Å². The van der Waals surface area contributed by atoms with Crippen LogP contribution in [0.15, 0.2) is 35.9 Å². The van der Waals surface area contributed by atoms with E-state index in [2.05, 4.69) is 0 Å². The van der Waals surface area contributed by atoms with E-state index in [1.165, 1.54) is 6.08 Å². The zero-order valence-electron chi connectivity index (χ0n) is 7.83. The number of aliphatic carboxylic acids is 1. The quantitative estimate of drug-likeness (QED) is 0.779. The van der Waals surface area contributed by atoms with Gasteiger partial charge < -0.3 is 5.11 Å². The Morgan fingerprint density at radius 2 is 2.29 bits per heavy atom. The molecule has 0 fully saturated rings. The molecule has 0 aromatic heterocycles. The molecule has 3 heteroatoms. The normalized spacial score (nSPS) is 11.4. The number of carboxylic acids is 1. The van der Waals surface area contributed by atoms with Gasteiger partial charge in [0.05, 0.1) is 0 Å². The highest BCUT2D eigenvalue weighted by atomic mass is 35.5. The minimum absolute atomic E-state index is 0.618. The van der Waals surface area contributed by atoms with Crippen LogP contribution in [-0.4, -0.2) is 11.1 Å². The number of carbonyl (C=O) groups is 1. The summed E-state index contributed by atoms with van der Waals surface area (Å²) in [7, 11) is 0. The summed E-state index contributed by atoms with van der Waals surface area (Å²) >= 11 is 5.80. The van der Waals surface area contributed by atoms with Crippen LogP contribution in [-0.2, 0) is 11.2 Å². The Bertz CT molecular complexity index is 369. The first-order valence-electron chi connectivity index (χ1n) is 4.22. The maximum Gasteiger partial charge on any atom is 0.328 e. The molecule has 0 unspecified atom stereocenters. The highest BCUT2D eigenvalue weighted by Gasteiger charge is 1.98. The van der Waals surface area contributed by atoms with Gasteiger partial charge in [0.15, 0.2) is 0 Å². The van der Waals surface area contributed by atoms with E-state index in [4.69, 9.17) is 16.7 Å². The van der Waals surface area contributed by atoms with Gasteiger partial charge in [-0.2, -0.15) is 0 Å². The molecule has 1 aromatic carbocycles. The monoisotopic (exact) mass is 210 g/mol. The highest BCUT2D eigenvalue weighted by Crippen LogP contribution is 2.13. The molecule has 0 heterocycles. The number of allylic oxidation sites excluding steroid dienone is 1. The molecule has 0 saturated carbocycles. The standard InChI is InChI=1S/C11H11ClO2/c1-8(6-11(13)14)5-9-3-2-4-10(12)7-9/h2-4,6-7H,5H2,1H3,(H,13,14)/b8-6-. The molecule has 74 valence electrons. The Labute approximate surface area is 87.8 Å². The van der Waals surface area contributed by atoms with Crippen molar-refractivity contribution < 1.29 is 9.90 Å². The van der Waals surface area contributed by atoms with E-state index in [0.717, 1.165) is 11.1 Å². The molecule has 0 amide bonds. The van der Waals surface area contributed by atoms with Crippen LogP contribution in [0.4, 0.5) is 0 Å². The fourth-order valence-electron chi connectivity index (χ4n) is 1.23. The first kappa shape index (κ1) is 10.8. The van der Waals surface area contributed by atoms with E-state index >= 15 is 0 Å². The molecule has 2 nitrogen and oxygen atoms in total. The van der Waals surface area contributed by atoms with Crippen LogP contribution in [0, 0.1) is 0 Å². The third-order valence-corrected chi connectivity index (χ3v) is 1.98. The average Bonchev–Trinajstić information content (AvgIpc) is 2.01. The van der Waals surface area contributed by atoms with Crippen molar-refractivity contribution in [1.29, 1.82) is 0 Å². The molecule has 1 aromatic rings. The highest BCUT2D eigenvalue weighted by molar-refractivity contribution is 6.30. The fourth-order valence-corrected chi connectivity index (χ4v) is 1.44. The smallest absolute Gasteiger partial charge is 0.328 e. The summed E-state index contributed by atoms with van der Waals surface area (Å²) in [6.07, 6.45) is 1.83. The van der Waals surface area contributed by atoms with Crippen molar-refractivity contribution in [3.8, 4) is 0 Å². The second kappa shape index (κ2) is 4.82. The van der Waals surface area contributed by atoms with Gasteiger partial charge in [0, 0.05) is 11.1 Å². The van der Waals surface area contributed by atoms with Gasteiger partial charge in [0.25, 0.3) is 0 Å². The predicted octanol–water partition coefficient (Wildman–Crippen LogP) is 2.91. The zero-order chi connectivity index (χ0) is 10.6. The summed E-state index contributed by atoms with van der Waals surface area (Å²) in [6.45, 7) is 1.79. The Balaban J connectivity index is 2.74. The largest absolute Gasteiger partial charge is 0.478 e. The summed E-state index contributed by atoms with van der Waals surface area (Å²) in [5.41, 5.74) is 1.83. The van der Waals surface area contributed by atoms with Crippen LogP contribution in [0.1, 0.15) is 12.5 Å². The first-order valence-corrected chi connectivity index (χ1v) is 4.60. The number of halogens is 1. The minimum Gasteiger partial charge on any atom is -0.478 e. The summed E-state index contributed by atoms with van der Waals surface area (Å²) in [4.78, 5) is 10.4. The lowest BCUT2D eigenvalue weighted by Crippen LogP contribution is -1.93. The number of carboxylic acid groups (broad SMARTS) is 1. The van der Waals surface area contributed by atoms with Gasteiger partial charge >= 0.3 is 5.97 Å². The van der Waals surface area contributed by atoms with E-state index in [9.17, 15) is 4.79 Å². The van der Waals surface area contributed by atoms with Gasteiger partial charge in [-0.1, -0.05) is 29.3 Å². The molecule has 0 bridgehead atoms. The number of hydrogen-bond acceptors (Lipinski definition) is 1. The molecule has 0 atom stereocenters. The Hall–Kier alpha value is -1.28. The Morgan fingerprint density at radius 1 is 1.57 bits per heavy atom. The molecule has 0 radical (unpaired) electrons. The summed E-state index contributed by atoms with van der Waals surface area (Å²) < 4.78 is 0. The van der Waals surface area contributed by atoms with Crippen molar-refractivity contribution in [3.63, 3.8) is 0 Å².